The van der Waals surface area contributed by atoms with E-state index in [-0.39, 0.29) is 24.5 Å². The lowest BCUT2D eigenvalue weighted by atomic mass is 10.1. The number of carbonyl (C=O) groups excluding carboxylic acids is 2. The summed E-state index contributed by atoms with van der Waals surface area (Å²) in [5.41, 5.74) is 0.587. The van der Waals surface area contributed by atoms with Crippen LogP contribution in [0.2, 0.25) is 0 Å². The summed E-state index contributed by atoms with van der Waals surface area (Å²) in [6, 6.07) is 7.39. The molecule has 0 saturated carbocycles. The number of ketones is 1. The number of nitrogens with one attached hydrogen (secondary N) is 1. The number of likely N-dealkylation sites (tertiary alicyclic amines) is 1. The molecule has 1 unspecified atom stereocenters. The highest BCUT2D eigenvalue weighted by Crippen LogP contribution is 2.15. The van der Waals surface area contributed by atoms with Crippen LogP contribution in [-0.4, -0.2) is 49.4 Å². The molecule has 0 bridgehead atoms. The molecule has 1 saturated heterocycles. The van der Waals surface area contributed by atoms with Gasteiger partial charge in [-0.05, 0) is 45.0 Å². The predicted octanol–water partition coefficient (Wildman–Crippen LogP) is 2.65. The van der Waals surface area contributed by atoms with Crippen molar-refractivity contribution in [3.63, 3.8) is 0 Å². The number of hydrogen-bond donors (Lipinski definition) is 1. The van der Waals surface area contributed by atoms with Gasteiger partial charge in [0.15, 0.2) is 5.78 Å². The number of hydrogen-bond acceptors (Lipinski definition) is 4. The van der Waals surface area contributed by atoms with Crippen LogP contribution >= 0.6 is 0 Å². The summed E-state index contributed by atoms with van der Waals surface area (Å²) in [5.74, 6) is 0.559. The first-order valence-electron chi connectivity index (χ1n) is 8.78. The van der Waals surface area contributed by atoms with Crippen molar-refractivity contribution >= 4 is 11.7 Å². The number of benzene rings is 1. The Hall–Kier alpha value is -1.88. The number of piperidine rings is 1. The smallest absolute Gasteiger partial charge is 0.220 e. The molecule has 1 aromatic carbocycles. The molecule has 5 heteroatoms. The summed E-state index contributed by atoms with van der Waals surface area (Å²) in [4.78, 5) is 26.6. The Balaban J connectivity index is 1.71. The standard InChI is InChI=1S/C19H28N2O3/c1-15(21-11-4-3-5-12-21)14-20-19(23)10-9-18(22)16-7-6-8-17(13-16)24-2/h6-8,13,15H,3-5,9-12,14H2,1-2H3,(H,20,23). The normalized spacial score (nSPS) is 16.4. The summed E-state index contributed by atoms with van der Waals surface area (Å²) in [7, 11) is 1.57. The zero-order chi connectivity index (χ0) is 17.4. The lowest BCUT2D eigenvalue weighted by Gasteiger charge is -2.32. The van der Waals surface area contributed by atoms with Crippen molar-refractivity contribution < 1.29 is 14.3 Å². The van der Waals surface area contributed by atoms with E-state index in [9.17, 15) is 9.59 Å². The Morgan fingerprint density at radius 2 is 1.96 bits per heavy atom. The van der Waals surface area contributed by atoms with E-state index in [4.69, 9.17) is 4.74 Å². The number of rotatable bonds is 8. The Morgan fingerprint density at radius 1 is 1.21 bits per heavy atom. The van der Waals surface area contributed by atoms with Crippen LogP contribution in [-0.2, 0) is 4.79 Å². The fourth-order valence-corrected chi connectivity index (χ4v) is 3.01. The maximum atomic E-state index is 12.2. The quantitative estimate of drug-likeness (QED) is 0.744. The van der Waals surface area contributed by atoms with E-state index in [1.165, 1.54) is 19.3 Å². The van der Waals surface area contributed by atoms with Gasteiger partial charge < -0.3 is 10.1 Å². The summed E-state index contributed by atoms with van der Waals surface area (Å²) in [6.45, 7) is 5.02. The number of methoxy groups -OCH3 is 1. The van der Waals surface area contributed by atoms with E-state index in [1.807, 2.05) is 0 Å². The van der Waals surface area contributed by atoms with Crippen molar-refractivity contribution in [1.82, 2.24) is 10.2 Å². The van der Waals surface area contributed by atoms with Gasteiger partial charge in [0.05, 0.1) is 7.11 Å². The zero-order valence-corrected chi connectivity index (χ0v) is 14.7. The minimum atomic E-state index is -0.0601. The molecule has 0 aliphatic carbocycles. The first-order valence-corrected chi connectivity index (χ1v) is 8.78. The molecule has 1 fully saturated rings. The minimum Gasteiger partial charge on any atom is -0.497 e. The molecule has 132 valence electrons. The number of ether oxygens (including phenoxy) is 1. The van der Waals surface area contributed by atoms with Crippen molar-refractivity contribution in [3.05, 3.63) is 29.8 Å². The van der Waals surface area contributed by atoms with Crippen LogP contribution in [0.5, 0.6) is 5.75 Å². The second-order valence-electron chi connectivity index (χ2n) is 6.40. The number of amides is 1. The van der Waals surface area contributed by atoms with Gasteiger partial charge in [0.2, 0.25) is 5.91 Å². The zero-order valence-electron chi connectivity index (χ0n) is 14.7. The molecule has 1 heterocycles. The lowest BCUT2D eigenvalue weighted by Crippen LogP contribution is -2.44. The molecule has 0 spiro atoms. The maximum Gasteiger partial charge on any atom is 0.220 e. The van der Waals surface area contributed by atoms with Gasteiger partial charge in [-0.1, -0.05) is 18.6 Å². The highest BCUT2D eigenvalue weighted by Gasteiger charge is 2.17. The molecule has 24 heavy (non-hydrogen) atoms. The fourth-order valence-electron chi connectivity index (χ4n) is 3.01. The van der Waals surface area contributed by atoms with E-state index in [0.29, 0.717) is 23.9 Å². The van der Waals surface area contributed by atoms with Gasteiger partial charge in [0.25, 0.3) is 0 Å². The van der Waals surface area contributed by atoms with Gasteiger partial charge in [-0.3, -0.25) is 14.5 Å². The Kier molecular flexibility index (Phi) is 7.25. The average molecular weight is 332 g/mol. The van der Waals surface area contributed by atoms with Crippen molar-refractivity contribution in [2.75, 3.05) is 26.7 Å². The Bertz CT molecular complexity index is 553. The van der Waals surface area contributed by atoms with E-state index >= 15 is 0 Å². The van der Waals surface area contributed by atoms with Gasteiger partial charge in [-0.25, -0.2) is 0 Å². The summed E-state index contributed by atoms with van der Waals surface area (Å²) in [5, 5.41) is 2.95. The minimum absolute atomic E-state index is 0.0341. The van der Waals surface area contributed by atoms with Crippen molar-refractivity contribution in [2.24, 2.45) is 0 Å². The molecular formula is C19H28N2O3. The summed E-state index contributed by atoms with van der Waals surface area (Å²) in [6.07, 6.45) is 4.24. The third-order valence-electron chi connectivity index (χ3n) is 4.58. The third kappa shape index (κ3) is 5.64. The second kappa shape index (κ2) is 9.42. The molecule has 0 aromatic heterocycles. The largest absolute Gasteiger partial charge is 0.497 e. The van der Waals surface area contributed by atoms with Crippen LogP contribution in [0.4, 0.5) is 0 Å². The molecule has 1 N–H and O–H groups in total. The molecule has 0 radical (unpaired) electrons. The molecule has 2 rings (SSSR count). The Labute approximate surface area is 144 Å². The van der Waals surface area contributed by atoms with Gasteiger partial charge in [0.1, 0.15) is 5.75 Å². The molecule has 1 aliphatic heterocycles. The summed E-state index contributed by atoms with van der Waals surface area (Å²) < 4.78 is 5.12. The highest BCUT2D eigenvalue weighted by molar-refractivity contribution is 5.98. The van der Waals surface area contributed by atoms with Crippen LogP contribution in [0.15, 0.2) is 24.3 Å². The number of nitrogens with zero attached hydrogens (tertiary/aromatic N) is 1. The summed E-state index contributed by atoms with van der Waals surface area (Å²) >= 11 is 0. The fraction of sp³-hybridized carbons (Fsp3) is 0.579. The topological polar surface area (TPSA) is 58.6 Å². The van der Waals surface area contributed by atoms with Crippen LogP contribution < -0.4 is 10.1 Å². The van der Waals surface area contributed by atoms with Gasteiger partial charge in [-0.15, -0.1) is 0 Å². The first-order chi connectivity index (χ1) is 11.6. The van der Waals surface area contributed by atoms with Gasteiger partial charge in [-0.2, -0.15) is 0 Å². The second-order valence-corrected chi connectivity index (χ2v) is 6.40. The first kappa shape index (κ1) is 18.5. The molecule has 5 nitrogen and oxygen atoms in total. The molecule has 1 amide bonds. The van der Waals surface area contributed by atoms with E-state index in [0.717, 1.165) is 13.1 Å². The average Bonchev–Trinajstić information content (AvgIpc) is 2.64. The van der Waals surface area contributed by atoms with Crippen LogP contribution in [0, 0.1) is 0 Å². The van der Waals surface area contributed by atoms with Gasteiger partial charge in [0, 0.05) is 31.0 Å². The van der Waals surface area contributed by atoms with Crippen LogP contribution in [0.25, 0.3) is 0 Å². The molecule has 1 aliphatic rings. The Morgan fingerprint density at radius 3 is 2.67 bits per heavy atom. The van der Waals surface area contributed by atoms with Crippen LogP contribution in [0.1, 0.15) is 49.4 Å². The monoisotopic (exact) mass is 332 g/mol. The number of carbonyl (C=O) groups is 2. The molecule has 1 aromatic rings. The lowest BCUT2D eigenvalue weighted by molar-refractivity contribution is -0.121. The van der Waals surface area contributed by atoms with E-state index < -0.39 is 0 Å². The van der Waals surface area contributed by atoms with Crippen molar-refractivity contribution in [3.8, 4) is 5.75 Å². The SMILES string of the molecule is COc1cccc(C(=O)CCC(=O)NCC(C)N2CCCCC2)c1. The third-order valence-corrected chi connectivity index (χ3v) is 4.58. The van der Waals surface area contributed by atoms with E-state index in [1.54, 1.807) is 31.4 Å². The van der Waals surface area contributed by atoms with Crippen molar-refractivity contribution in [1.29, 1.82) is 0 Å². The maximum absolute atomic E-state index is 12.2. The predicted molar refractivity (Wildman–Crippen MR) is 94.5 cm³/mol. The molecular weight excluding hydrogens is 304 g/mol. The van der Waals surface area contributed by atoms with Crippen LogP contribution in [0.3, 0.4) is 0 Å². The van der Waals surface area contributed by atoms with Crippen molar-refractivity contribution in [2.45, 2.75) is 45.1 Å². The number of Topliss-reactive ketones (excluding diaryl/α,β-unsaturated/α-hetero) is 1. The van der Waals surface area contributed by atoms with Gasteiger partial charge >= 0.3 is 0 Å². The van der Waals surface area contributed by atoms with E-state index in [2.05, 4.69) is 17.1 Å². The highest BCUT2D eigenvalue weighted by atomic mass is 16.5. The molecule has 1 atom stereocenters.